The van der Waals surface area contributed by atoms with Gasteiger partial charge in [-0.2, -0.15) is 4.98 Å². The Labute approximate surface area is 208 Å². The largest absolute Gasteiger partial charge is 0.354 e. The zero-order chi connectivity index (χ0) is 25.4. The topological polar surface area (TPSA) is 104 Å². The molecule has 2 unspecified atom stereocenters. The number of methoxy groups -OCH3 is 1. The van der Waals surface area contributed by atoms with Gasteiger partial charge in [0.05, 0.1) is 12.1 Å². The van der Waals surface area contributed by atoms with Gasteiger partial charge in [0.25, 0.3) is 0 Å². The molecule has 0 bridgehead atoms. The maximum absolute atomic E-state index is 13.6. The van der Waals surface area contributed by atoms with Gasteiger partial charge in [0.15, 0.2) is 6.29 Å². The highest BCUT2D eigenvalue weighted by atomic mass is 16.8. The molecule has 1 N–H and O–H groups in total. The van der Waals surface area contributed by atoms with E-state index in [1.165, 1.54) is 9.13 Å². The van der Waals surface area contributed by atoms with E-state index in [0.717, 1.165) is 27.7 Å². The van der Waals surface area contributed by atoms with Crippen LogP contribution in [0.2, 0.25) is 0 Å². The highest BCUT2D eigenvalue weighted by molar-refractivity contribution is 5.83. The van der Waals surface area contributed by atoms with E-state index in [0.29, 0.717) is 5.69 Å². The molecule has 9 heteroatoms. The van der Waals surface area contributed by atoms with Gasteiger partial charge in [-0.1, -0.05) is 42.8 Å². The van der Waals surface area contributed by atoms with Gasteiger partial charge in [-0.05, 0) is 43.7 Å². The van der Waals surface area contributed by atoms with E-state index in [9.17, 15) is 9.59 Å². The van der Waals surface area contributed by atoms with Crippen molar-refractivity contribution in [3.63, 3.8) is 0 Å². The highest BCUT2D eigenvalue weighted by Gasteiger charge is 2.43. The van der Waals surface area contributed by atoms with Crippen LogP contribution in [0.4, 0.5) is 11.6 Å². The molecular formula is C27H29N5O4. The molecule has 0 saturated carbocycles. The Morgan fingerprint density at radius 3 is 2.53 bits per heavy atom. The number of nitrogens with zero attached hydrogens (tertiary/aromatic N) is 4. The quantitative estimate of drug-likeness (QED) is 0.380. The number of ether oxygens (including phenoxy) is 2. The molecule has 0 amide bonds. The third-order valence-electron chi connectivity index (χ3n) is 6.44. The van der Waals surface area contributed by atoms with Gasteiger partial charge in [-0.15, -0.1) is 0 Å². The number of rotatable bonds is 8. The van der Waals surface area contributed by atoms with E-state index < -0.39 is 11.4 Å². The normalized spacial score (nSPS) is 17.8. The summed E-state index contributed by atoms with van der Waals surface area (Å²) in [5, 5.41) is 4.13. The standard InChI is InChI=1S/C27H29N5O4/c1-16-5-8-19(9-6-16)15-31-25(29-21-11-12-22-20(13-21)10-7-18(3)28-22)30-26(33)32(27(31)34)14-17(2)23-24(35-4)36-23/h5-13,17,23-24H,14-15H2,1-4H3,(H,29,30,33)/t17-,23?,24?/m0/s1. The second-order valence-corrected chi connectivity index (χ2v) is 9.35. The van der Waals surface area contributed by atoms with E-state index in [2.05, 4.69) is 15.3 Å². The molecule has 2 aromatic heterocycles. The van der Waals surface area contributed by atoms with Crippen LogP contribution in [0.25, 0.3) is 10.9 Å². The second-order valence-electron chi connectivity index (χ2n) is 9.35. The predicted octanol–water partition coefficient (Wildman–Crippen LogP) is 3.37. The van der Waals surface area contributed by atoms with Gasteiger partial charge >= 0.3 is 11.4 Å². The Balaban J connectivity index is 1.53. The van der Waals surface area contributed by atoms with E-state index >= 15 is 0 Å². The van der Waals surface area contributed by atoms with E-state index in [-0.39, 0.29) is 37.3 Å². The molecule has 3 heterocycles. The first kappa shape index (κ1) is 23.9. The van der Waals surface area contributed by atoms with Crippen molar-refractivity contribution in [2.24, 2.45) is 5.92 Å². The first-order valence-electron chi connectivity index (χ1n) is 11.9. The van der Waals surface area contributed by atoms with Gasteiger partial charge in [0.2, 0.25) is 5.95 Å². The van der Waals surface area contributed by atoms with Crippen LogP contribution in [0.5, 0.6) is 0 Å². The van der Waals surface area contributed by atoms with Crippen LogP contribution in [0, 0.1) is 19.8 Å². The summed E-state index contributed by atoms with van der Waals surface area (Å²) in [6, 6.07) is 17.5. The molecule has 36 heavy (non-hydrogen) atoms. The van der Waals surface area contributed by atoms with Crippen molar-refractivity contribution in [2.45, 2.75) is 46.3 Å². The van der Waals surface area contributed by atoms with Crippen molar-refractivity contribution in [3.8, 4) is 0 Å². The number of aromatic nitrogens is 4. The lowest BCUT2D eigenvalue weighted by Crippen LogP contribution is -2.44. The summed E-state index contributed by atoms with van der Waals surface area (Å²) in [5.74, 6) is 0.0940. The Morgan fingerprint density at radius 1 is 1.03 bits per heavy atom. The van der Waals surface area contributed by atoms with Gasteiger partial charge in [-0.25, -0.2) is 14.2 Å². The molecule has 2 aromatic carbocycles. The molecular weight excluding hydrogens is 458 g/mol. The third-order valence-corrected chi connectivity index (χ3v) is 6.44. The number of hydrogen-bond acceptors (Lipinski definition) is 7. The van der Waals surface area contributed by atoms with Gasteiger partial charge in [0.1, 0.15) is 6.10 Å². The van der Waals surface area contributed by atoms with Crippen molar-refractivity contribution >= 4 is 22.5 Å². The predicted molar refractivity (Wildman–Crippen MR) is 138 cm³/mol. The molecule has 3 atom stereocenters. The molecule has 5 rings (SSSR count). The number of fused-ring (bicyclic) bond motifs is 1. The first-order chi connectivity index (χ1) is 17.3. The van der Waals surface area contributed by atoms with Gasteiger partial charge in [0, 0.05) is 36.3 Å². The lowest BCUT2D eigenvalue weighted by molar-refractivity contribution is 0.0950. The van der Waals surface area contributed by atoms with Crippen molar-refractivity contribution in [1.82, 2.24) is 19.1 Å². The number of epoxide rings is 1. The summed E-state index contributed by atoms with van der Waals surface area (Å²) in [6.45, 7) is 6.33. The molecule has 1 aliphatic heterocycles. The highest BCUT2D eigenvalue weighted by Crippen LogP contribution is 2.30. The van der Waals surface area contributed by atoms with Gasteiger partial charge < -0.3 is 14.8 Å². The summed E-state index contributed by atoms with van der Waals surface area (Å²) in [5.41, 5.74) is 3.51. The van der Waals surface area contributed by atoms with Crippen LogP contribution in [0.15, 0.2) is 64.2 Å². The molecule has 0 aliphatic carbocycles. The molecule has 0 spiro atoms. The summed E-state index contributed by atoms with van der Waals surface area (Å²) >= 11 is 0. The van der Waals surface area contributed by atoms with Crippen molar-refractivity contribution in [3.05, 3.63) is 92.4 Å². The van der Waals surface area contributed by atoms with E-state index in [1.807, 2.05) is 75.4 Å². The number of aryl methyl sites for hydroxylation is 2. The molecule has 9 nitrogen and oxygen atoms in total. The summed E-state index contributed by atoms with van der Waals surface area (Å²) in [6.07, 6.45) is -0.454. The van der Waals surface area contributed by atoms with Crippen LogP contribution in [-0.2, 0) is 22.6 Å². The first-order valence-corrected chi connectivity index (χ1v) is 11.9. The number of nitrogens with one attached hydrogen (secondary N) is 1. The van der Waals surface area contributed by atoms with Crippen LogP contribution in [0.1, 0.15) is 23.7 Å². The lowest BCUT2D eigenvalue weighted by atomic mass is 10.1. The smallest absolute Gasteiger partial charge is 0.353 e. The lowest BCUT2D eigenvalue weighted by Gasteiger charge is -2.17. The van der Waals surface area contributed by atoms with Crippen molar-refractivity contribution in [2.75, 3.05) is 12.4 Å². The number of anilines is 2. The molecule has 4 aromatic rings. The molecule has 1 fully saturated rings. The number of benzene rings is 2. The zero-order valence-corrected chi connectivity index (χ0v) is 20.8. The Hall–Kier alpha value is -3.82. The zero-order valence-electron chi connectivity index (χ0n) is 20.8. The minimum atomic E-state index is -0.609. The average Bonchev–Trinajstić information content (AvgIpc) is 3.65. The average molecular weight is 488 g/mol. The fraction of sp³-hybridized carbons (Fsp3) is 0.333. The van der Waals surface area contributed by atoms with Crippen molar-refractivity contribution < 1.29 is 9.47 Å². The Kier molecular flexibility index (Phi) is 6.42. The summed E-state index contributed by atoms with van der Waals surface area (Å²) in [7, 11) is 1.57. The summed E-state index contributed by atoms with van der Waals surface area (Å²) < 4.78 is 13.4. The second kappa shape index (κ2) is 9.67. The van der Waals surface area contributed by atoms with Crippen LogP contribution in [0.3, 0.4) is 0 Å². The van der Waals surface area contributed by atoms with E-state index in [1.54, 1.807) is 7.11 Å². The van der Waals surface area contributed by atoms with Crippen LogP contribution >= 0.6 is 0 Å². The van der Waals surface area contributed by atoms with Crippen LogP contribution in [-0.4, -0.2) is 38.6 Å². The minimum absolute atomic E-state index is 0.0924. The fourth-order valence-corrected chi connectivity index (χ4v) is 4.33. The number of hydrogen-bond donors (Lipinski definition) is 1. The SMILES string of the molecule is COC1OC1[C@@H](C)Cn1c(=O)nc(Nc2ccc3nc(C)ccc3c2)n(Cc2ccc(C)cc2)c1=O. The van der Waals surface area contributed by atoms with E-state index in [4.69, 9.17) is 9.47 Å². The fourth-order valence-electron chi connectivity index (χ4n) is 4.33. The third kappa shape index (κ3) is 4.93. The summed E-state index contributed by atoms with van der Waals surface area (Å²) in [4.78, 5) is 35.4. The molecule has 186 valence electrons. The maximum atomic E-state index is 13.6. The number of pyridine rings is 1. The van der Waals surface area contributed by atoms with Gasteiger partial charge in [-0.3, -0.25) is 9.55 Å². The Morgan fingerprint density at radius 2 is 1.81 bits per heavy atom. The van der Waals surface area contributed by atoms with Crippen molar-refractivity contribution in [1.29, 1.82) is 0 Å². The van der Waals surface area contributed by atoms with Crippen LogP contribution < -0.4 is 16.7 Å². The monoisotopic (exact) mass is 487 g/mol. The minimum Gasteiger partial charge on any atom is -0.353 e. The molecule has 1 saturated heterocycles. The molecule has 1 aliphatic rings. The Bertz CT molecular complexity index is 1530. The maximum Gasteiger partial charge on any atom is 0.354 e. The molecule has 0 radical (unpaired) electrons.